The molecule has 2 rings (SSSR count). The monoisotopic (exact) mass is 248 g/mol. The maximum Gasteiger partial charge on any atom is 0.337 e. The Balaban J connectivity index is 2.30. The maximum atomic E-state index is 11.3. The Kier molecular flexibility index (Phi) is 4.20. The zero-order valence-electron chi connectivity index (χ0n) is 10.7. The fourth-order valence-electron chi connectivity index (χ4n) is 2.57. The zero-order valence-corrected chi connectivity index (χ0v) is 10.7. The van der Waals surface area contributed by atoms with Crippen LogP contribution in [0.1, 0.15) is 30.1 Å². The number of carboxylic acids is 1. The molecule has 0 unspecified atom stereocenters. The highest BCUT2D eigenvalue weighted by Gasteiger charge is 2.24. The van der Waals surface area contributed by atoms with Gasteiger partial charge in [-0.2, -0.15) is 0 Å². The molecule has 1 aliphatic heterocycles. The molecule has 1 fully saturated rings. The first kappa shape index (κ1) is 12.9. The molecular weight excluding hydrogens is 228 g/mol. The van der Waals surface area contributed by atoms with Crippen LogP contribution in [0.5, 0.6) is 0 Å². The smallest absolute Gasteiger partial charge is 0.337 e. The highest BCUT2D eigenvalue weighted by atomic mass is 16.4. The molecular formula is C14H20N2O2. The minimum absolute atomic E-state index is 0.393. The lowest BCUT2D eigenvalue weighted by atomic mass is 10.0. The molecule has 4 nitrogen and oxygen atoms in total. The van der Waals surface area contributed by atoms with E-state index in [2.05, 4.69) is 17.1 Å². The van der Waals surface area contributed by atoms with Gasteiger partial charge in [0.1, 0.15) is 0 Å². The molecule has 98 valence electrons. The van der Waals surface area contributed by atoms with Crippen molar-refractivity contribution in [3.63, 3.8) is 0 Å². The van der Waals surface area contributed by atoms with Crippen molar-refractivity contribution in [3.05, 3.63) is 29.8 Å². The van der Waals surface area contributed by atoms with Crippen molar-refractivity contribution >= 4 is 11.7 Å². The first-order valence-electron chi connectivity index (χ1n) is 6.53. The molecule has 2 N–H and O–H groups in total. The third-order valence-corrected chi connectivity index (χ3v) is 3.42. The SMILES string of the molecule is CCC[C@@H]1CNCCN1c1ccccc1C(=O)O. The van der Waals surface area contributed by atoms with Crippen molar-refractivity contribution in [2.75, 3.05) is 24.5 Å². The molecule has 1 atom stereocenters. The summed E-state index contributed by atoms with van der Waals surface area (Å²) < 4.78 is 0. The predicted octanol–water partition coefficient (Wildman–Crippen LogP) is 1.96. The Morgan fingerprint density at radius 3 is 3.00 bits per heavy atom. The van der Waals surface area contributed by atoms with Gasteiger partial charge in [-0.1, -0.05) is 25.5 Å². The molecule has 1 aromatic rings. The number of hydrogen-bond donors (Lipinski definition) is 2. The molecule has 0 aromatic heterocycles. The van der Waals surface area contributed by atoms with Crippen LogP contribution < -0.4 is 10.2 Å². The van der Waals surface area contributed by atoms with E-state index in [-0.39, 0.29) is 0 Å². The van der Waals surface area contributed by atoms with E-state index in [1.165, 1.54) is 0 Å². The maximum absolute atomic E-state index is 11.3. The second kappa shape index (κ2) is 5.87. The van der Waals surface area contributed by atoms with Crippen LogP contribution in [0.25, 0.3) is 0 Å². The van der Waals surface area contributed by atoms with Gasteiger partial charge in [-0.15, -0.1) is 0 Å². The first-order valence-corrected chi connectivity index (χ1v) is 6.53. The number of piperazine rings is 1. The normalized spacial score (nSPS) is 19.8. The minimum Gasteiger partial charge on any atom is -0.478 e. The fourth-order valence-corrected chi connectivity index (χ4v) is 2.57. The Labute approximate surface area is 108 Å². The van der Waals surface area contributed by atoms with Gasteiger partial charge >= 0.3 is 5.97 Å². The van der Waals surface area contributed by atoms with Crippen molar-refractivity contribution in [3.8, 4) is 0 Å². The third-order valence-electron chi connectivity index (χ3n) is 3.42. The van der Waals surface area contributed by atoms with Gasteiger partial charge in [0.25, 0.3) is 0 Å². The quantitative estimate of drug-likeness (QED) is 0.855. The molecule has 0 spiro atoms. The summed E-state index contributed by atoms with van der Waals surface area (Å²) in [6, 6.07) is 7.68. The van der Waals surface area contributed by atoms with E-state index >= 15 is 0 Å². The number of carboxylic acid groups (broad SMARTS) is 1. The molecule has 4 heteroatoms. The number of rotatable bonds is 4. The van der Waals surface area contributed by atoms with Gasteiger partial charge in [-0.25, -0.2) is 4.79 Å². The number of nitrogens with zero attached hydrogens (tertiary/aromatic N) is 1. The first-order chi connectivity index (χ1) is 8.74. The van der Waals surface area contributed by atoms with E-state index in [1.807, 2.05) is 12.1 Å². The lowest BCUT2D eigenvalue weighted by molar-refractivity contribution is 0.0697. The molecule has 1 saturated heterocycles. The number of hydrogen-bond acceptors (Lipinski definition) is 3. The summed E-state index contributed by atoms with van der Waals surface area (Å²) in [5, 5.41) is 12.6. The van der Waals surface area contributed by atoms with Crippen LogP contribution in [0.4, 0.5) is 5.69 Å². The van der Waals surface area contributed by atoms with Crippen LogP contribution in [-0.2, 0) is 0 Å². The van der Waals surface area contributed by atoms with E-state index in [1.54, 1.807) is 12.1 Å². The van der Waals surface area contributed by atoms with E-state index in [0.717, 1.165) is 38.2 Å². The van der Waals surface area contributed by atoms with Crippen LogP contribution in [0.3, 0.4) is 0 Å². The average molecular weight is 248 g/mol. The molecule has 18 heavy (non-hydrogen) atoms. The number of benzene rings is 1. The molecule has 0 amide bonds. The average Bonchev–Trinajstić information content (AvgIpc) is 2.40. The summed E-state index contributed by atoms with van der Waals surface area (Å²) in [5.41, 5.74) is 1.26. The van der Waals surface area contributed by atoms with Crippen LogP contribution in [0.15, 0.2) is 24.3 Å². The van der Waals surface area contributed by atoms with Crippen molar-refractivity contribution in [1.82, 2.24) is 5.32 Å². The van der Waals surface area contributed by atoms with E-state index in [4.69, 9.17) is 0 Å². The summed E-state index contributed by atoms with van der Waals surface area (Å²) in [5.74, 6) is -0.848. The molecule has 1 heterocycles. The van der Waals surface area contributed by atoms with Gasteiger partial charge < -0.3 is 15.3 Å². The van der Waals surface area contributed by atoms with Crippen LogP contribution >= 0.6 is 0 Å². The molecule has 0 radical (unpaired) electrons. The van der Waals surface area contributed by atoms with Gasteiger partial charge in [-0.3, -0.25) is 0 Å². The molecule has 0 saturated carbocycles. The number of carbonyl (C=O) groups is 1. The Morgan fingerprint density at radius 1 is 1.50 bits per heavy atom. The highest BCUT2D eigenvalue weighted by Crippen LogP contribution is 2.25. The molecule has 0 bridgehead atoms. The number of nitrogens with one attached hydrogen (secondary N) is 1. The predicted molar refractivity (Wildman–Crippen MR) is 72.3 cm³/mol. The van der Waals surface area contributed by atoms with Crippen molar-refractivity contribution in [2.45, 2.75) is 25.8 Å². The van der Waals surface area contributed by atoms with Crippen LogP contribution in [-0.4, -0.2) is 36.8 Å². The zero-order chi connectivity index (χ0) is 13.0. The second-order valence-electron chi connectivity index (χ2n) is 4.66. The fraction of sp³-hybridized carbons (Fsp3) is 0.500. The summed E-state index contributed by atoms with van der Waals surface area (Å²) in [6.45, 7) is 4.88. The Hall–Kier alpha value is -1.55. The minimum atomic E-state index is -0.848. The number of anilines is 1. The Bertz CT molecular complexity index is 418. The third kappa shape index (κ3) is 2.64. The van der Waals surface area contributed by atoms with Gasteiger partial charge in [0.15, 0.2) is 0 Å². The lowest BCUT2D eigenvalue weighted by Crippen LogP contribution is -2.51. The van der Waals surface area contributed by atoms with Crippen LogP contribution in [0, 0.1) is 0 Å². The van der Waals surface area contributed by atoms with Gasteiger partial charge in [0.2, 0.25) is 0 Å². The van der Waals surface area contributed by atoms with E-state index in [9.17, 15) is 9.90 Å². The number of para-hydroxylation sites is 1. The summed E-state index contributed by atoms with van der Waals surface area (Å²) >= 11 is 0. The summed E-state index contributed by atoms with van der Waals surface area (Å²) in [6.07, 6.45) is 2.19. The largest absolute Gasteiger partial charge is 0.478 e. The standard InChI is InChI=1S/C14H20N2O2/c1-2-5-11-10-15-8-9-16(11)13-7-4-3-6-12(13)14(17)18/h3-4,6-7,11,15H,2,5,8-10H2,1H3,(H,17,18)/t11-/m1/s1. The van der Waals surface area contributed by atoms with Crippen molar-refractivity contribution in [1.29, 1.82) is 0 Å². The summed E-state index contributed by atoms with van der Waals surface area (Å²) in [7, 11) is 0. The Morgan fingerprint density at radius 2 is 2.28 bits per heavy atom. The van der Waals surface area contributed by atoms with Crippen LogP contribution in [0.2, 0.25) is 0 Å². The van der Waals surface area contributed by atoms with E-state index < -0.39 is 5.97 Å². The topological polar surface area (TPSA) is 52.6 Å². The van der Waals surface area contributed by atoms with E-state index in [0.29, 0.717) is 11.6 Å². The summed E-state index contributed by atoms with van der Waals surface area (Å²) in [4.78, 5) is 13.5. The molecule has 1 aliphatic rings. The van der Waals surface area contributed by atoms with Gasteiger partial charge in [0, 0.05) is 25.7 Å². The molecule has 1 aromatic carbocycles. The van der Waals surface area contributed by atoms with Crippen molar-refractivity contribution in [2.24, 2.45) is 0 Å². The van der Waals surface area contributed by atoms with Crippen molar-refractivity contribution < 1.29 is 9.90 Å². The highest BCUT2D eigenvalue weighted by molar-refractivity contribution is 5.94. The van der Waals surface area contributed by atoms with Gasteiger partial charge in [-0.05, 0) is 18.6 Å². The molecule has 0 aliphatic carbocycles. The second-order valence-corrected chi connectivity index (χ2v) is 4.66. The van der Waals surface area contributed by atoms with Gasteiger partial charge in [0.05, 0.1) is 11.3 Å². The lowest BCUT2D eigenvalue weighted by Gasteiger charge is -2.38. The number of aromatic carboxylic acids is 1.